The van der Waals surface area contributed by atoms with Crippen LogP contribution in [0.1, 0.15) is 49.3 Å². The van der Waals surface area contributed by atoms with Gasteiger partial charge in [-0.25, -0.2) is 9.59 Å². The van der Waals surface area contributed by atoms with Crippen molar-refractivity contribution in [1.82, 2.24) is 19.7 Å². The van der Waals surface area contributed by atoms with E-state index in [0.29, 0.717) is 24.2 Å². The Balaban J connectivity index is 1.93. The Labute approximate surface area is 179 Å². The molecule has 166 valence electrons. The molecule has 31 heavy (non-hydrogen) atoms. The van der Waals surface area contributed by atoms with E-state index in [1.807, 2.05) is 0 Å². The second-order valence-corrected chi connectivity index (χ2v) is 7.95. The van der Waals surface area contributed by atoms with E-state index in [2.05, 4.69) is 15.4 Å². The van der Waals surface area contributed by atoms with Crippen LogP contribution < -0.4 is 11.1 Å². The van der Waals surface area contributed by atoms with Gasteiger partial charge in [0.15, 0.2) is 5.82 Å². The topological polar surface area (TPSA) is 142 Å². The van der Waals surface area contributed by atoms with Gasteiger partial charge in [0.2, 0.25) is 0 Å². The molecule has 3 N–H and O–H groups in total. The highest BCUT2D eigenvalue weighted by atomic mass is 16.6. The van der Waals surface area contributed by atoms with Crippen molar-refractivity contribution in [3.63, 3.8) is 0 Å². The molecule has 3 rings (SSSR count). The number of nitrogen functional groups attached to an aromatic ring is 1. The second-order valence-electron chi connectivity index (χ2n) is 7.95. The van der Waals surface area contributed by atoms with E-state index in [1.165, 1.54) is 23.4 Å². The summed E-state index contributed by atoms with van der Waals surface area (Å²) in [5.41, 5.74) is 6.70. The van der Waals surface area contributed by atoms with Gasteiger partial charge in [-0.05, 0) is 33.8 Å². The van der Waals surface area contributed by atoms with E-state index >= 15 is 0 Å². The van der Waals surface area contributed by atoms with E-state index in [4.69, 9.17) is 15.2 Å². The normalized spacial score (nSPS) is 13.4. The lowest BCUT2D eigenvalue weighted by molar-refractivity contribution is 0.0223. The van der Waals surface area contributed by atoms with E-state index in [0.717, 1.165) is 4.68 Å². The van der Waals surface area contributed by atoms with Crippen molar-refractivity contribution in [1.29, 1.82) is 0 Å². The Morgan fingerprint density at radius 2 is 2.00 bits per heavy atom. The third kappa shape index (κ3) is 4.93. The van der Waals surface area contributed by atoms with Crippen molar-refractivity contribution in [2.45, 2.75) is 46.3 Å². The molecule has 0 fully saturated rings. The number of ether oxygens (including phenoxy) is 2. The first-order valence-electron chi connectivity index (χ1n) is 9.87. The van der Waals surface area contributed by atoms with Crippen LogP contribution >= 0.6 is 0 Å². The maximum atomic E-state index is 12.7. The van der Waals surface area contributed by atoms with Crippen LogP contribution in [0.15, 0.2) is 18.5 Å². The summed E-state index contributed by atoms with van der Waals surface area (Å²) < 4.78 is 11.6. The molecule has 1 aliphatic heterocycles. The molecule has 0 aromatic carbocycles. The van der Waals surface area contributed by atoms with Gasteiger partial charge in [0.25, 0.3) is 5.91 Å². The van der Waals surface area contributed by atoms with Crippen molar-refractivity contribution in [3.8, 4) is 0 Å². The van der Waals surface area contributed by atoms with Crippen LogP contribution in [-0.4, -0.2) is 56.5 Å². The third-order valence-corrected chi connectivity index (χ3v) is 4.48. The van der Waals surface area contributed by atoms with Crippen molar-refractivity contribution in [3.05, 3.63) is 35.3 Å². The van der Waals surface area contributed by atoms with Crippen LogP contribution in [0.25, 0.3) is 0 Å². The molecular formula is C20H26N6O5. The van der Waals surface area contributed by atoms with Gasteiger partial charge in [0.05, 0.1) is 36.3 Å². The first kappa shape index (κ1) is 22.1. The fourth-order valence-corrected chi connectivity index (χ4v) is 3.13. The van der Waals surface area contributed by atoms with Crippen molar-refractivity contribution >= 4 is 29.6 Å². The summed E-state index contributed by atoms with van der Waals surface area (Å²) in [6, 6.07) is 1.48. The summed E-state index contributed by atoms with van der Waals surface area (Å²) >= 11 is 0. The predicted octanol–water partition coefficient (Wildman–Crippen LogP) is 2.41. The van der Waals surface area contributed by atoms with Crippen LogP contribution in [0.5, 0.6) is 0 Å². The number of aromatic nitrogens is 3. The van der Waals surface area contributed by atoms with Gasteiger partial charge in [0, 0.05) is 24.7 Å². The minimum absolute atomic E-state index is 0.116. The molecule has 0 saturated carbocycles. The molecule has 11 heteroatoms. The zero-order chi connectivity index (χ0) is 22.8. The summed E-state index contributed by atoms with van der Waals surface area (Å²) in [4.78, 5) is 43.0. The van der Waals surface area contributed by atoms with Gasteiger partial charge in [-0.1, -0.05) is 0 Å². The molecule has 0 aliphatic carbocycles. The molecular weight excluding hydrogens is 404 g/mol. The van der Waals surface area contributed by atoms with E-state index in [1.54, 1.807) is 27.7 Å². The number of nitrogens with one attached hydrogen (secondary N) is 1. The quantitative estimate of drug-likeness (QED) is 0.756. The molecule has 0 saturated heterocycles. The summed E-state index contributed by atoms with van der Waals surface area (Å²) in [5.74, 6) is -0.358. The minimum atomic E-state index is -0.659. The summed E-state index contributed by atoms with van der Waals surface area (Å²) in [7, 11) is 0. The van der Waals surface area contributed by atoms with Crippen LogP contribution in [0, 0.1) is 0 Å². The predicted molar refractivity (Wildman–Crippen MR) is 112 cm³/mol. The molecule has 0 bridgehead atoms. The van der Waals surface area contributed by atoms with Crippen LogP contribution in [0.2, 0.25) is 0 Å². The lowest BCUT2D eigenvalue weighted by atomic mass is 10.1. The van der Waals surface area contributed by atoms with Crippen molar-refractivity contribution in [2.24, 2.45) is 0 Å². The van der Waals surface area contributed by atoms with Crippen molar-refractivity contribution in [2.75, 3.05) is 24.2 Å². The van der Waals surface area contributed by atoms with Gasteiger partial charge >= 0.3 is 12.2 Å². The number of hydrogen-bond donors (Lipinski definition) is 2. The average Bonchev–Trinajstić information content (AvgIpc) is 3.05. The number of anilines is 2. The molecule has 1 aliphatic rings. The SMILES string of the molecule is CCOC(=O)n1nc(NC(=O)c2ccncc2N)c2c1CCN(C(=O)OC(C)(C)C)C2. The standard InChI is InChI=1S/C20H26N6O5/c1-5-30-19(29)26-15-7-9-25(18(28)31-20(2,3)4)11-13(15)16(24-26)23-17(27)12-6-8-22-10-14(12)21/h6,8,10H,5,7,9,11,21H2,1-4H3,(H,23,24,27). The summed E-state index contributed by atoms with van der Waals surface area (Å²) in [6.45, 7) is 7.65. The lowest BCUT2D eigenvalue weighted by Crippen LogP contribution is -2.40. The number of amides is 2. The summed E-state index contributed by atoms with van der Waals surface area (Å²) in [5, 5.41) is 6.94. The zero-order valence-electron chi connectivity index (χ0n) is 18.0. The molecule has 0 atom stereocenters. The largest absolute Gasteiger partial charge is 0.448 e. The third-order valence-electron chi connectivity index (χ3n) is 4.48. The number of nitrogens with zero attached hydrogens (tertiary/aromatic N) is 4. The Kier molecular flexibility index (Phi) is 6.14. The van der Waals surface area contributed by atoms with Gasteiger partial charge in [0.1, 0.15) is 5.60 Å². The molecule has 2 aromatic heterocycles. The Morgan fingerprint density at radius 3 is 2.65 bits per heavy atom. The fourth-order valence-electron chi connectivity index (χ4n) is 3.13. The summed E-state index contributed by atoms with van der Waals surface area (Å²) in [6.07, 6.45) is 2.01. The number of carbonyl (C=O) groups excluding carboxylic acids is 3. The number of rotatable bonds is 3. The van der Waals surface area contributed by atoms with Gasteiger partial charge in [-0.3, -0.25) is 9.78 Å². The monoisotopic (exact) mass is 430 g/mol. The highest BCUT2D eigenvalue weighted by Gasteiger charge is 2.32. The Bertz CT molecular complexity index is 1010. The highest BCUT2D eigenvalue weighted by molar-refractivity contribution is 6.07. The highest BCUT2D eigenvalue weighted by Crippen LogP contribution is 2.28. The van der Waals surface area contributed by atoms with Crippen LogP contribution in [0.3, 0.4) is 0 Å². The first-order valence-corrected chi connectivity index (χ1v) is 9.87. The molecule has 0 radical (unpaired) electrons. The number of nitrogens with two attached hydrogens (primary N) is 1. The maximum Gasteiger partial charge on any atom is 0.434 e. The molecule has 2 amide bonds. The minimum Gasteiger partial charge on any atom is -0.448 e. The van der Waals surface area contributed by atoms with Crippen LogP contribution in [0.4, 0.5) is 21.1 Å². The Morgan fingerprint density at radius 1 is 1.26 bits per heavy atom. The number of carbonyl (C=O) groups is 3. The molecule has 2 aromatic rings. The second kappa shape index (κ2) is 8.62. The fraction of sp³-hybridized carbons (Fsp3) is 0.450. The van der Waals surface area contributed by atoms with E-state index < -0.39 is 23.7 Å². The molecule has 11 nitrogen and oxygen atoms in total. The molecule has 0 spiro atoms. The average molecular weight is 430 g/mol. The Hall–Kier alpha value is -3.63. The van der Waals surface area contributed by atoms with Gasteiger partial charge in [-0.15, -0.1) is 5.10 Å². The molecule has 0 unspecified atom stereocenters. The lowest BCUT2D eigenvalue weighted by Gasteiger charge is -2.30. The van der Waals surface area contributed by atoms with Gasteiger partial charge in [-0.2, -0.15) is 4.68 Å². The van der Waals surface area contributed by atoms with E-state index in [9.17, 15) is 14.4 Å². The smallest absolute Gasteiger partial charge is 0.434 e. The number of hydrogen-bond acceptors (Lipinski definition) is 8. The number of fused-ring (bicyclic) bond motifs is 1. The first-order chi connectivity index (χ1) is 14.6. The number of pyridine rings is 1. The van der Waals surface area contributed by atoms with Gasteiger partial charge < -0.3 is 25.4 Å². The maximum absolute atomic E-state index is 12.7. The molecule has 3 heterocycles. The van der Waals surface area contributed by atoms with E-state index in [-0.39, 0.29) is 30.2 Å². The van der Waals surface area contributed by atoms with Crippen molar-refractivity contribution < 1.29 is 23.9 Å². The zero-order valence-corrected chi connectivity index (χ0v) is 18.0. The van der Waals surface area contributed by atoms with Crippen LogP contribution in [-0.2, 0) is 22.4 Å².